The van der Waals surface area contributed by atoms with Gasteiger partial charge in [-0.15, -0.1) is 10.2 Å². The summed E-state index contributed by atoms with van der Waals surface area (Å²) in [5.74, 6) is 0.989. The number of para-hydroxylation sites is 1. The van der Waals surface area contributed by atoms with Gasteiger partial charge in [0.05, 0.1) is 5.75 Å². The molecule has 0 saturated carbocycles. The molecule has 0 atom stereocenters. The molecule has 0 aliphatic rings. The van der Waals surface area contributed by atoms with Gasteiger partial charge in [-0.1, -0.05) is 69.6 Å². The van der Waals surface area contributed by atoms with Crippen molar-refractivity contribution in [1.29, 1.82) is 0 Å². The van der Waals surface area contributed by atoms with Crippen LogP contribution in [0.2, 0.25) is 5.02 Å². The van der Waals surface area contributed by atoms with E-state index in [2.05, 4.69) is 26.1 Å². The van der Waals surface area contributed by atoms with Crippen LogP contribution in [0, 0.1) is 0 Å². The lowest BCUT2D eigenvalue weighted by Crippen LogP contribution is -2.05. The predicted molar refractivity (Wildman–Crippen MR) is 121 cm³/mol. The van der Waals surface area contributed by atoms with E-state index in [4.69, 9.17) is 11.6 Å². The van der Waals surface area contributed by atoms with E-state index in [-0.39, 0.29) is 11.5 Å². The van der Waals surface area contributed by atoms with Crippen molar-refractivity contribution in [3.05, 3.63) is 93.9 Å². The van der Waals surface area contributed by atoms with Crippen LogP contribution in [0.25, 0.3) is 17.1 Å². The molecule has 1 heterocycles. The second kappa shape index (κ2) is 8.95. The summed E-state index contributed by atoms with van der Waals surface area (Å²) in [5, 5.41) is 10.0. The number of hydrogen-bond acceptors (Lipinski definition) is 4. The molecule has 0 fully saturated rings. The highest BCUT2D eigenvalue weighted by molar-refractivity contribution is 9.10. The molecule has 29 heavy (non-hydrogen) atoms. The summed E-state index contributed by atoms with van der Waals surface area (Å²) >= 11 is 10.8. The van der Waals surface area contributed by atoms with Crippen LogP contribution in [0.15, 0.2) is 88.5 Å². The molecular weight excluding hydrogens is 470 g/mol. The van der Waals surface area contributed by atoms with Crippen molar-refractivity contribution in [2.75, 3.05) is 5.75 Å². The normalized spacial score (nSPS) is 10.8. The molecule has 0 radical (unpaired) electrons. The number of halogens is 2. The third kappa shape index (κ3) is 4.61. The number of aromatic nitrogens is 3. The highest BCUT2D eigenvalue weighted by Gasteiger charge is 2.18. The van der Waals surface area contributed by atoms with E-state index in [0.29, 0.717) is 15.7 Å². The van der Waals surface area contributed by atoms with Crippen molar-refractivity contribution in [2.24, 2.45) is 0 Å². The molecule has 0 saturated heterocycles. The molecule has 0 aliphatic heterocycles. The monoisotopic (exact) mass is 483 g/mol. The second-order valence-corrected chi connectivity index (χ2v) is 8.50. The van der Waals surface area contributed by atoms with Crippen LogP contribution in [0.4, 0.5) is 0 Å². The van der Waals surface area contributed by atoms with Gasteiger partial charge in [-0.25, -0.2) is 0 Å². The molecule has 3 aromatic carbocycles. The van der Waals surface area contributed by atoms with Crippen LogP contribution >= 0.6 is 39.3 Å². The smallest absolute Gasteiger partial charge is 0.196 e. The number of rotatable bonds is 6. The Hall–Kier alpha value is -2.41. The first kappa shape index (κ1) is 19.9. The molecule has 0 aliphatic carbocycles. The maximum absolute atomic E-state index is 12.6. The van der Waals surface area contributed by atoms with Gasteiger partial charge in [0.25, 0.3) is 0 Å². The molecule has 0 bridgehead atoms. The summed E-state index contributed by atoms with van der Waals surface area (Å²) in [6.07, 6.45) is 0. The number of benzene rings is 3. The SMILES string of the molecule is O=C(CSc1nnc(-c2cccc(Br)c2)n1-c1ccccc1)c1ccc(Cl)cc1. The summed E-state index contributed by atoms with van der Waals surface area (Å²) in [6.45, 7) is 0. The van der Waals surface area contributed by atoms with E-state index in [1.165, 1.54) is 11.8 Å². The zero-order valence-corrected chi connectivity index (χ0v) is 18.3. The van der Waals surface area contributed by atoms with Gasteiger partial charge in [0, 0.05) is 26.3 Å². The number of Topliss-reactive ketones (excluding diaryl/α,β-unsaturated/α-hetero) is 1. The van der Waals surface area contributed by atoms with E-state index in [1.54, 1.807) is 24.3 Å². The van der Waals surface area contributed by atoms with Gasteiger partial charge < -0.3 is 0 Å². The summed E-state index contributed by atoms with van der Waals surface area (Å²) in [4.78, 5) is 12.6. The van der Waals surface area contributed by atoms with Crippen molar-refractivity contribution in [1.82, 2.24) is 14.8 Å². The van der Waals surface area contributed by atoms with Crippen molar-refractivity contribution >= 4 is 45.1 Å². The Kier molecular flexibility index (Phi) is 6.13. The Morgan fingerprint density at radius 3 is 2.45 bits per heavy atom. The fourth-order valence-electron chi connectivity index (χ4n) is 2.84. The van der Waals surface area contributed by atoms with Crippen molar-refractivity contribution in [3.8, 4) is 17.1 Å². The Bertz CT molecular complexity index is 1150. The second-order valence-electron chi connectivity index (χ2n) is 6.21. The Balaban J connectivity index is 1.66. The van der Waals surface area contributed by atoms with Gasteiger partial charge in [0.15, 0.2) is 16.8 Å². The zero-order chi connectivity index (χ0) is 20.2. The standard InChI is InChI=1S/C22H15BrClN3OS/c23-17-6-4-5-16(13-17)21-25-26-22(27(21)19-7-2-1-3-8-19)29-14-20(28)15-9-11-18(24)12-10-15/h1-13H,14H2. The van der Waals surface area contributed by atoms with Crippen molar-refractivity contribution in [2.45, 2.75) is 5.16 Å². The fraction of sp³-hybridized carbons (Fsp3) is 0.0455. The minimum atomic E-state index is 0.0123. The number of carbonyl (C=O) groups is 1. The van der Waals surface area contributed by atoms with E-state index in [9.17, 15) is 4.79 Å². The first-order chi connectivity index (χ1) is 14.1. The number of ketones is 1. The van der Waals surface area contributed by atoms with Gasteiger partial charge >= 0.3 is 0 Å². The Morgan fingerprint density at radius 2 is 1.72 bits per heavy atom. The third-order valence-electron chi connectivity index (χ3n) is 4.23. The van der Waals surface area contributed by atoms with Crippen LogP contribution in [-0.2, 0) is 0 Å². The van der Waals surface area contributed by atoms with Crippen LogP contribution < -0.4 is 0 Å². The van der Waals surface area contributed by atoms with Gasteiger partial charge in [0.1, 0.15) is 0 Å². The maximum atomic E-state index is 12.6. The molecule has 1 aromatic heterocycles. The molecule has 144 valence electrons. The zero-order valence-electron chi connectivity index (χ0n) is 15.1. The molecule has 7 heteroatoms. The number of carbonyl (C=O) groups excluding carboxylic acids is 1. The van der Waals surface area contributed by atoms with E-state index < -0.39 is 0 Å². The molecule has 4 rings (SSSR count). The topological polar surface area (TPSA) is 47.8 Å². The summed E-state index contributed by atoms with van der Waals surface area (Å²) in [7, 11) is 0. The predicted octanol–water partition coefficient (Wildman–Crippen LogP) is 6.33. The maximum Gasteiger partial charge on any atom is 0.196 e. The summed E-state index contributed by atoms with van der Waals surface area (Å²) in [6, 6.07) is 24.7. The van der Waals surface area contributed by atoms with Crippen molar-refractivity contribution in [3.63, 3.8) is 0 Å². The van der Waals surface area contributed by atoms with Crippen LogP contribution in [0.3, 0.4) is 0 Å². The largest absolute Gasteiger partial charge is 0.293 e. The quantitative estimate of drug-likeness (QED) is 0.237. The lowest BCUT2D eigenvalue weighted by Gasteiger charge is -2.10. The summed E-state index contributed by atoms with van der Waals surface area (Å²) < 4.78 is 2.94. The van der Waals surface area contributed by atoms with E-state index in [1.807, 2.05) is 59.2 Å². The Labute approximate surface area is 186 Å². The molecular formula is C22H15BrClN3OS. The first-order valence-electron chi connectivity index (χ1n) is 8.80. The average molecular weight is 485 g/mol. The molecule has 0 amide bonds. The fourth-order valence-corrected chi connectivity index (χ4v) is 4.21. The molecule has 4 nitrogen and oxygen atoms in total. The first-order valence-corrected chi connectivity index (χ1v) is 11.0. The highest BCUT2D eigenvalue weighted by atomic mass is 79.9. The molecule has 4 aromatic rings. The molecule has 0 N–H and O–H groups in total. The van der Waals surface area contributed by atoms with Crippen LogP contribution in [-0.4, -0.2) is 26.3 Å². The van der Waals surface area contributed by atoms with Crippen molar-refractivity contribution < 1.29 is 4.79 Å². The van der Waals surface area contributed by atoms with Gasteiger partial charge in [0.2, 0.25) is 0 Å². The van der Waals surface area contributed by atoms with Gasteiger partial charge in [-0.05, 0) is 48.5 Å². The number of hydrogen-bond donors (Lipinski definition) is 0. The summed E-state index contributed by atoms with van der Waals surface area (Å²) in [5.41, 5.74) is 2.50. The minimum absolute atomic E-state index is 0.0123. The van der Waals surface area contributed by atoms with Crippen LogP contribution in [0.1, 0.15) is 10.4 Å². The van der Waals surface area contributed by atoms with E-state index in [0.717, 1.165) is 21.5 Å². The third-order valence-corrected chi connectivity index (χ3v) is 5.90. The van der Waals surface area contributed by atoms with Crippen LogP contribution in [0.5, 0.6) is 0 Å². The molecule has 0 spiro atoms. The average Bonchev–Trinajstić information content (AvgIpc) is 3.17. The lowest BCUT2D eigenvalue weighted by atomic mass is 10.1. The van der Waals surface area contributed by atoms with Gasteiger partial charge in [-0.3, -0.25) is 9.36 Å². The Morgan fingerprint density at radius 1 is 0.966 bits per heavy atom. The number of nitrogens with zero attached hydrogens (tertiary/aromatic N) is 3. The number of thioether (sulfide) groups is 1. The van der Waals surface area contributed by atoms with E-state index >= 15 is 0 Å². The molecule has 0 unspecified atom stereocenters. The van der Waals surface area contributed by atoms with Gasteiger partial charge in [-0.2, -0.15) is 0 Å². The lowest BCUT2D eigenvalue weighted by molar-refractivity contribution is 0.102. The minimum Gasteiger partial charge on any atom is -0.293 e. The highest BCUT2D eigenvalue weighted by Crippen LogP contribution is 2.29.